The maximum absolute atomic E-state index is 5.79. The molecule has 0 fully saturated rings. The molecule has 0 unspecified atom stereocenters. The van der Waals surface area contributed by atoms with E-state index in [-0.39, 0.29) is 12.0 Å². The summed E-state index contributed by atoms with van der Waals surface area (Å²) >= 11 is 0. The van der Waals surface area contributed by atoms with Crippen molar-refractivity contribution < 1.29 is 14.2 Å². The first-order valence-corrected chi connectivity index (χ1v) is 10.6. The van der Waals surface area contributed by atoms with Crippen LogP contribution in [-0.2, 0) is 0 Å². The average Bonchev–Trinajstić information content (AvgIpc) is 2.90. The van der Waals surface area contributed by atoms with Crippen LogP contribution in [0, 0.1) is 0 Å². The van der Waals surface area contributed by atoms with E-state index in [1.165, 1.54) is 0 Å². The van der Waals surface area contributed by atoms with Crippen LogP contribution in [0.2, 0.25) is 0 Å². The first-order valence-electron chi connectivity index (χ1n) is 10.6. The molecule has 5 aromatic rings. The third kappa shape index (κ3) is 4.99. The van der Waals surface area contributed by atoms with Gasteiger partial charge in [0.05, 0.1) is 12.8 Å². The van der Waals surface area contributed by atoms with Crippen molar-refractivity contribution in [2.75, 3.05) is 7.11 Å². The van der Waals surface area contributed by atoms with Crippen molar-refractivity contribution in [2.24, 2.45) is 0 Å². The van der Waals surface area contributed by atoms with Gasteiger partial charge in [0.2, 0.25) is 0 Å². The van der Waals surface area contributed by atoms with Crippen LogP contribution in [0.15, 0.2) is 104 Å². The summed E-state index contributed by atoms with van der Waals surface area (Å²) in [6.45, 7) is 0. The minimum Gasteiger partial charge on any atom is -0.497 e. The fourth-order valence-electron chi connectivity index (χ4n) is 3.27. The maximum Gasteiger partial charge on any atom is 0.322 e. The van der Waals surface area contributed by atoms with Crippen molar-refractivity contribution in [3.8, 4) is 51.7 Å². The highest BCUT2D eigenvalue weighted by atomic mass is 16.5. The van der Waals surface area contributed by atoms with Gasteiger partial charge in [0.25, 0.3) is 0 Å². The summed E-state index contributed by atoms with van der Waals surface area (Å²) in [5.74, 6) is 1.92. The third-order valence-electron chi connectivity index (χ3n) is 4.98. The maximum atomic E-state index is 5.79. The number of aromatic nitrogens is 4. The lowest BCUT2D eigenvalue weighted by atomic mass is 10.1. The highest BCUT2D eigenvalue weighted by Gasteiger charge is 2.08. The summed E-state index contributed by atoms with van der Waals surface area (Å²) in [6.07, 6.45) is 4.92. The zero-order valence-electron chi connectivity index (χ0n) is 18.3. The van der Waals surface area contributed by atoms with Crippen LogP contribution in [0.3, 0.4) is 0 Å². The van der Waals surface area contributed by atoms with E-state index in [0.29, 0.717) is 28.5 Å². The molecule has 0 N–H and O–H groups in total. The van der Waals surface area contributed by atoms with E-state index in [1.807, 2.05) is 54.6 Å². The minimum absolute atomic E-state index is 0.213. The van der Waals surface area contributed by atoms with Gasteiger partial charge in [-0.15, -0.1) is 0 Å². The Morgan fingerprint density at radius 2 is 1.26 bits per heavy atom. The quantitative estimate of drug-likeness (QED) is 0.293. The van der Waals surface area contributed by atoms with Gasteiger partial charge in [0.15, 0.2) is 0 Å². The zero-order valence-corrected chi connectivity index (χ0v) is 18.3. The molecule has 0 saturated heterocycles. The predicted molar refractivity (Wildman–Crippen MR) is 128 cm³/mol. The molecule has 3 aromatic carbocycles. The molecular weight excluding hydrogens is 428 g/mol. The first kappa shape index (κ1) is 21.1. The second-order valence-electron chi connectivity index (χ2n) is 7.25. The molecule has 7 nitrogen and oxygen atoms in total. The molecule has 0 amide bonds. The van der Waals surface area contributed by atoms with Gasteiger partial charge in [-0.2, -0.15) is 4.98 Å². The van der Waals surface area contributed by atoms with E-state index < -0.39 is 0 Å². The zero-order chi connectivity index (χ0) is 23.2. The SMILES string of the molecule is COc1cccc(Oc2nccc(-c3cnc(Oc4ccc(-c5ccccc5)cc4)nc3)n2)c1. The summed E-state index contributed by atoms with van der Waals surface area (Å²) in [7, 11) is 1.60. The molecule has 0 aliphatic rings. The highest BCUT2D eigenvalue weighted by molar-refractivity contribution is 5.64. The number of nitrogens with zero attached hydrogens (tertiary/aromatic N) is 4. The van der Waals surface area contributed by atoms with E-state index in [0.717, 1.165) is 11.1 Å². The molecule has 0 saturated carbocycles. The lowest BCUT2D eigenvalue weighted by Crippen LogP contribution is -1.96. The first-order chi connectivity index (χ1) is 16.8. The van der Waals surface area contributed by atoms with Gasteiger partial charge in [0, 0.05) is 30.2 Å². The fourth-order valence-corrected chi connectivity index (χ4v) is 3.27. The van der Waals surface area contributed by atoms with Gasteiger partial charge in [0.1, 0.15) is 17.2 Å². The van der Waals surface area contributed by atoms with Crippen molar-refractivity contribution in [1.29, 1.82) is 0 Å². The summed E-state index contributed by atoms with van der Waals surface area (Å²) in [5, 5.41) is 0. The number of hydrogen-bond acceptors (Lipinski definition) is 7. The molecule has 0 bridgehead atoms. The van der Waals surface area contributed by atoms with Crippen LogP contribution in [0.1, 0.15) is 0 Å². The lowest BCUT2D eigenvalue weighted by molar-refractivity contribution is 0.404. The van der Waals surface area contributed by atoms with E-state index >= 15 is 0 Å². The topological polar surface area (TPSA) is 79.2 Å². The molecule has 2 heterocycles. The van der Waals surface area contributed by atoms with Crippen LogP contribution in [0.25, 0.3) is 22.4 Å². The second kappa shape index (κ2) is 9.79. The van der Waals surface area contributed by atoms with Crippen molar-refractivity contribution in [3.05, 3.63) is 104 Å². The van der Waals surface area contributed by atoms with Gasteiger partial charge >= 0.3 is 12.0 Å². The molecule has 0 atom stereocenters. The summed E-state index contributed by atoms with van der Waals surface area (Å²) in [6, 6.07) is 27.4. The number of hydrogen-bond donors (Lipinski definition) is 0. The Kier molecular flexibility index (Phi) is 6.07. The number of ether oxygens (including phenoxy) is 3. The summed E-state index contributed by atoms with van der Waals surface area (Å²) in [5.41, 5.74) is 3.60. The van der Waals surface area contributed by atoms with E-state index in [9.17, 15) is 0 Å². The molecule has 0 aliphatic heterocycles. The van der Waals surface area contributed by atoms with Crippen molar-refractivity contribution in [2.45, 2.75) is 0 Å². The van der Waals surface area contributed by atoms with Gasteiger partial charge in [-0.05, 0) is 41.5 Å². The molecule has 0 aliphatic carbocycles. The molecule has 0 radical (unpaired) electrons. The fraction of sp³-hybridized carbons (Fsp3) is 0.0370. The van der Waals surface area contributed by atoms with Crippen molar-refractivity contribution >= 4 is 0 Å². The highest BCUT2D eigenvalue weighted by Crippen LogP contribution is 2.26. The molecular formula is C27H20N4O3. The predicted octanol–water partition coefficient (Wildman–Crippen LogP) is 6.19. The van der Waals surface area contributed by atoms with Crippen LogP contribution >= 0.6 is 0 Å². The average molecular weight is 448 g/mol. The van der Waals surface area contributed by atoms with Gasteiger partial charge in [-0.25, -0.2) is 15.0 Å². The summed E-state index contributed by atoms with van der Waals surface area (Å²) in [4.78, 5) is 17.3. The molecule has 0 spiro atoms. The standard InChI is InChI=1S/C27H20N4O3/c1-32-23-8-5-9-24(16-23)34-27-28-15-14-25(31-27)21-17-29-26(30-18-21)33-22-12-10-20(11-13-22)19-6-3-2-4-7-19/h2-18H,1H3. The molecule has 2 aromatic heterocycles. The number of rotatable bonds is 7. The smallest absolute Gasteiger partial charge is 0.322 e. The summed E-state index contributed by atoms with van der Waals surface area (Å²) < 4.78 is 16.8. The van der Waals surface area contributed by atoms with E-state index in [1.54, 1.807) is 43.9 Å². The minimum atomic E-state index is 0.213. The second-order valence-corrected chi connectivity index (χ2v) is 7.25. The van der Waals surface area contributed by atoms with Crippen LogP contribution in [-0.4, -0.2) is 27.0 Å². The molecule has 7 heteroatoms. The Morgan fingerprint density at radius 1 is 0.559 bits per heavy atom. The van der Waals surface area contributed by atoms with Gasteiger partial charge < -0.3 is 14.2 Å². The Balaban J connectivity index is 1.27. The lowest BCUT2D eigenvalue weighted by Gasteiger charge is -2.08. The van der Waals surface area contributed by atoms with Crippen LogP contribution in [0.5, 0.6) is 29.3 Å². The van der Waals surface area contributed by atoms with Crippen LogP contribution < -0.4 is 14.2 Å². The van der Waals surface area contributed by atoms with E-state index in [2.05, 4.69) is 32.1 Å². The Labute approximate surface area is 196 Å². The largest absolute Gasteiger partial charge is 0.497 e. The molecule has 5 rings (SSSR count). The Bertz CT molecular complexity index is 1380. The third-order valence-corrected chi connectivity index (χ3v) is 4.98. The monoisotopic (exact) mass is 448 g/mol. The van der Waals surface area contributed by atoms with Crippen molar-refractivity contribution in [1.82, 2.24) is 19.9 Å². The number of methoxy groups -OCH3 is 1. The normalized spacial score (nSPS) is 10.5. The number of benzene rings is 3. The molecule has 166 valence electrons. The molecule has 34 heavy (non-hydrogen) atoms. The van der Waals surface area contributed by atoms with E-state index in [4.69, 9.17) is 14.2 Å². The van der Waals surface area contributed by atoms with Gasteiger partial charge in [-0.1, -0.05) is 48.5 Å². The Morgan fingerprint density at radius 3 is 2.03 bits per heavy atom. The van der Waals surface area contributed by atoms with Gasteiger partial charge in [-0.3, -0.25) is 0 Å². The Hall–Kier alpha value is -4.78. The van der Waals surface area contributed by atoms with Crippen LogP contribution in [0.4, 0.5) is 0 Å². The van der Waals surface area contributed by atoms with Crippen molar-refractivity contribution in [3.63, 3.8) is 0 Å².